The van der Waals surface area contributed by atoms with Gasteiger partial charge in [0.25, 0.3) is 0 Å². The van der Waals surface area contributed by atoms with Gasteiger partial charge in [-0.2, -0.15) is 4.31 Å². The first-order valence-corrected chi connectivity index (χ1v) is 7.83. The van der Waals surface area contributed by atoms with Crippen molar-refractivity contribution in [2.75, 3.05) is 13.1 Å². The van der Waals surface area contributed by atoms with Crippen molar-refractivity contribution < 1.29 is 22.7 Å². The number of carbonyl (C=O) groups is 1. The van der Waals surface area contributed by atoms with E-state index in [9.17, 15) is 17.6 Å². The van der Waals surface area contributed by atoms with Gasteiger partial charge >= 0.3 is 5.97 Å². The Labute approximate surface area is 121 Å². The van der Waals surface area contributed by atoms with E-state index >= 15 is 0 Å². The first-order chi connectivity index (χ1) is 9.34. The molecule has 1 saturated heterocycles. The van der Waals surface area contributed by atoms with Crippen molar-refractivity contribution in [1.29, 1.82) is 0 Å². The summed E-state index contributed by atoms with van der Waals surface area (Å²) in [4.78, 5) is 10.5. The summed E-state index contributed by atoms with van der Waals surface area (Å²) in [5.41, 5.74) is 0. The Balaban J connectivity index is 2.35. The van der Waals surface area contributed by atoms with Gasteiger partial charge in [-0.15, -0.1) is 0 Å². The number of halogens is 2. The van der Waals surface area contributed by atoms with E-state index in [-0.39, 0.29) is 18.1 Å². The van der Waals surface area contributed by atoms with E-state index < -0.39 is 32.6 Å². The molecule has 0 saturated carbocycles. The number of carboxylic acid groups (broad SMARTS) is 1. The smallest absolute Gasteiger partial charge is 0.307 e. The predicted molar refractivity (Wildman–Crippen MR) is 70.5 cm³/mol. The maximum atomic E-state index is 13.9. The summed E-state index contributed by atoms with van der Waals surface area (Å²) >= 11 is 5.59. The Morgan fingerprint density at radius 2 is 2.15 bits per heavy atom. The van der Waals surface area contributed by atoms with Crippen molar-refractivity contribution in [3.05, 3.63) is 29.0 Å². The number of benzene rings is 1. The Kier molecular flexibility index (Phi) is 4.31. The van der Waals surface area contributed by atoms with Gasteiger partial charge in [-0.05, 0) is 25.0 Å². The summed E-state index contributed by atoms with van der Waals surface area (Å²) in [5, 5.41) is 8.69. The molecule has 8 heteroatoms. The quantitative estimate of drug-likeness (QED) is 0.923. The fraction of sp³-hybridized carbons (Fsp3) is 0.417. The van der Waals surface area contributed by atoms with Crippen LogP contribution < -0.4 is 0 Å². The molecular weight excluding hydrogens is 309 g/mol. The summed E-state index contributed by atoms with van der Waals surface area (Å²) in [6.07, 6.45) is 0.845. The molecule has 1 N–H and O–H groups in total. The van der Waals surface area contributed by atoms with Crippen LogP contribution in [0.4, 0.5) is 4.39 Å². The molecule has 0 spiro atoms. The van der Waals surface area contributed by atoms with Crippen molar-refractivity contribution in [3.8, 4) is 0 Å². The standard InChI is InChI=1S/C12H13ClFNO4S/c13-9-4-1-5-10(11(9)14)20(18,19)15-6-2-3-8(7-15)12(16)17/h1,4-5,8H,2-3,6-7H2,(H,16,17)/t8-/m1/s1. The fourth-order valence-electron chi connectivity index (χ4n) is 2.18. The summed E-state index contributed by atoms with van der Waals surface area (Å²) in [6.45, 7) is 0.0295. The van der Waals surface area contributed by atoms with E-state index in [1.54, 1.807) is 0 Å². The number of rotatable bonds is 3. The van der Waals surface area contributed by atoms with Crippen LogP contribution in [0, 0.1) is 11.7 Å². The van der Waals surface area contributed by atoms with Crippen LogP contribution in [0.1, 0.15) is 12.8 Å². The number of hydrogen-bond acceptors (Lipinski definition) is 3. The number of nitrogens with zero attached hydrogens (tertiary/aromatic N) is 1. The normalized spacial score (nSPS) is 20.8. The van der Waals surface area contributed by atoms with Crippen molar-refractivity contribution in [2.45, 2.75) is 17.7 Å². The van der Waals surface area contributed by atoms with Gasteiger partial charge in [-0.3, -0.25) is 4.79 Å². The number of carboxylic acids is 1. The topological polar surface area (TPSA) is 74.7 Å². The summed E-state index contributed by atoms with van der Waals surface area (Å²) in [5.74, 6) is -2.82. The Morgan fingerprint density at radius 3 is 2.80 bits per heavy atom. The van der Waals surface area contributed by atoms with Gasteiger partial charge in [0, 0.05) is 13.1 Å². The minimum atomic E-state index is -4.07. The van der Waals surface area contributed by atoms with Gasteiger partial charge < -0.3 is 5.11 Å². The van der Waals surface area contributed by atoms with Gasteiger partial charge in [0.15, 0.2) is 5.82 Å². The highest BCUT2D eigenvalue weighted by atomic mass is 35.5. The van der Waals surface area contributed by atoms with Crippen molar-refractivity contribution in [2.24, 2.45) is 5.92 Å². The second kappa shape index (κ2) is 5.67. The third-order valence-corrected chi connectivity index (χ3v) is 5.44. The minimum absolute atomic E-state index is 0.149. The maximum Gasteiger partial charge on any atom is 0.307 e. The molecule has 0 radical (unpaired) electrons. The van der Waals surface area contributed by atoms with Crippen LogP contribution in [-0.4, -0.2) is 36.9 Å². The molecule has 0 aliphatic carbocycles. The Hall–Kier alpha value is -1.18. The Bertz CT molecular complexity index is 634. The van der Waals surface area contributed by atoms with Gasteiger partial charge in [-0.25, -0.2) is 12.8 Å². The molecule has 0 amide bonds. The summed E-state index contributed by atoms with van der Waals surface area (Å²) < 4.78 is 39.6. The average molecular weight is 322 g/mol. The van der Waals surface area contributed by atoms with E-state index in [2.05, 4.69) is 0 Å². The van der Waals surface area contributed by atoms with Crippen LogP contribution in [0.2, 0.25) is 5.02 Å². The highest BCUT2D eigenvalue weighted by molar-refractivity contribution is 7.89. The molecule has 1 heterocycles. The molecular formula is C12H13ClFNO4S. The van der Waals surface area contributed by atoms with Gasteiger partial charge in [0.05, 0.1) is 10.9 Å². The highest BCUT2D eigenvalue weighted by Gasteiger charge is 2.34. The lowest BCUT2D eigenvalue weighted by Crippen LogP contribution is -2.42. The number of sulfonamides is 1. The molecule has 0 aromatic heterocycles. The highest BCUT2D eigenvalue weighted by Crippen LogP contribution is 2.28. The van der Waals surface area contributed by atoms with Crippen LogP contribution in [0.3, 0.4) is 0 Å². The van der Waals surface area contributed by atoms with Crippen LogP contribution >= 0.6 is 11.6 Å². The van der Waals surface area contributed by atoms with Crippen molar-refractivity contribution in [3.63, 3.8) is 0 Å². The van der Waals surface area contributed by atoms with Crippen molar-refractivity contribution in [1.82, 2.24) is 4.31 Å². The molecule has 110 valence electrons. The van der Waals surface area contributed by atoms with Crippen LogP contribution in [0.15, 0.2) is 23.1 Å². The predicted octanol–water partition coefficient (Wildman–Crippen LogP) is 1.96. The zero-order valence-electron chi connectivity index (χ0n) is 10.4. The molecule has 1 aromatic carbocycles. The molecule has 1 aliphatic rings. The first kappa shape index (κ1) is 15.2. The van der Waals surface area contributed by atoms with Gasteiger partial charge in [0.1, 0.15) is 4.90 Å². The summed E-state index contributed by atoms with van der Waals surface area (Å²) in [7, 11) is -4.07. The monoisotopic (exact) mass is 321 g/mol. The molecule has 2 rings (SSSR count). The lowest BCUT2D eigenvalue weighted by molar-refractivity contribution is -0.142. The lowest BCUT2D eigenvalue weighted by Gasteiger charge is -2.29. The molecule has 1 aromatic rings. The minimum Gasteiger partial charge on any atom is -0.481 e. The second-order valence-corrected chi connectivity index (χ2v) is 6.91. The molecule has 20 heavy (non-hydrogen) atoms. The van der Waals surface area contributed by atoms with E-state index in [0.717, 1.165) is 10.4 Å². The van der Waals surface area contributed by atoms with Crippen LogP contribution in [0.5, 0.6) is 0 Å². The van der Waals surface area contributed by atoms with E-state index in [0.29, 0.717) is 12.8 Å². The van der Waals surface area contributed by atoms with Crippen LogP contribution in [-0.2, 0) is 14.8 Å². The number of aliphatic carboxylic acids is 1. The zero-order valence-corrected chi connectivity index (χ0v) is 12.0. The molecule has 1 atom stereocenters. The third-order valence-electron chi connectivity index (χ3n) is 3.27. The third kappa shape index (κ3) is 2.79. The van der Waals surface area contributed by atoms with Crippen molar-refractivity contribution >= 4 is 27.6 Å². The fourth-order valence-corrected chi connectivity index (χ4v) is 4.03. The van der Waals surface area contributed by atoms with E-state index in [4.69, 9.17) is 16.7 Å². The maximum absolute atomic E-state index is 13.9. The number of piperidine rings is 1. The molecule has 0 unspecified atom stereocenters. The first-order valence-electron chi connectivity index (χ1n) is 6.01. The summed E-state index contributed by atoms with van der Waals surface area (Å²) in [6, 6.07) is 3.73. The molecule has 1 fully saturated rings. The molecule has 1 aliphatic heterocycles. The largest absolute Gasteiger partial charge is 0.481 e. The zero-order chi connectivity index (χ0) is 14.9. The van der Waals surface area contributed by atoms with Gasteiger partial charge in [0.2, 0.25) is 10.0 Å². The van der Waals surface area contributed by atoms with Gasteiger partial charge in [-0.1, -0.05) is 17.7 Å². The van der Waals surface area contributed by atoms with Crippen LogP contribution in [0.25, 0.3) is 0 Å². The Morgan fingerprint density at radius 1 is 1.45 bits per heavy atom. The van der Waals surface area contributed by atoms with E-state index in [1.165, 1.54) is 12.1 Å². The van der Waals surface area contributed by atoms with E-state index in [1.807, 2.05) is 0 Å². The number of hydrogen-bond donors (Lipinski definition) is 1. The molecule has 0 bridgehead atoms. The second-order valence-electron chi connectivity index (χ2n) is 4.59. The molecule has 5 nitrogen and oxygen atoms in total. The SMILES string of the molecule is O=C(O)[C@@H]1CCCN(S(=O)(=O)c2cccc(Cl)c2F)C1. The lowest BCUT2D eigenvalue weighted by atomic mass is 10.0. The average Bonchev–Trinajstić information content (AvgIpc) is 2.41.